The number of hydrogen-bond acceptors (Lipinski definition) is 9. The minimum absolute atomic E-state index is 0.623. The zero-order valence-corrected chi connectivity index (χ0v) is 24.6. The molecule has 0 bridgehead atoms. The minimum Gasteiger partial charge on any atom is -0.374 e. The van der Waals surface area contributed by atoms with Crippen molar-refractivity contribution in [1.82, 2.24) is 4.98 Å². The number of aromatic nitrogens is 1. The van der Waals surface area contributed by atoms with E-state index in [-0.39, 0.29) is 0 Å². The summed E-state index contributed by atoms with van der Waals surface area (Å²) in [7, 11) is 4.53. The molecule has 1 aromatic heterocycles. The normalized spacial score (nSPS) is 12.0. The van der Waals surface area contributed by atoms with Crippen LogP contribution >= 0.6 is 52.6 Å². The molecule has 0 spiro atoms. The van der Waals surface area contributed by atoms with E-state index < -0.39 is 8.80 Å². The average Bonchev–Trinajstić information content (AvgIpc) is 3.21. The fraction of sp³-hybridized carbons (Fsp3) is 0.435. The fourth-order valence-corrected chi connectivity index (χ4v) is 13.3. The van der Waals surface area contributed by atoms with E-state index in [1.165, 1.54) is 20.7 Å². The SMILES string of the molecule is CCO[Si](CCCc1cc(C)ccc1SSSSc1nc2ccccc2s1)(OCC)OCC. The molecule has 10 heteroatoms. The molecule has 3 rings (SSSR count). The van der Waals surface area contributed by atoms with Gasteiger partial charge in [0.15, 0.2) is 4.34 Å². The van der Waals surface area contributed by atoms with Gasteiger partial charge in [0.25, 0.3) is 0 Å². The fourth-order valence-electron chi connectivity index (χ4n) is 3.46. The molecular formula is C23H31NO3S5Si. The molecule has 33 heavy (non-hydrogen) atoms. The summed E-state index contributed by atoms with van der Waals surface area (Å²) in [6.45, 7) is 10.1. The smallest absolute Gasteiger partial charge is 0.374 e. The molecular weight excluding hydrogens is 527 g/mol. The molecule has 180 valence electrons. The highest BCUT2D eigenvalue weighted by Gasteiger charge is 2.39. The van der Waals surface area contributed by atoms with Gasteiger partial charge in [0.05, 0.1) is 10.2 Å². The van der Waals surface area contributed by atoms with E-state index in [0.717, 1.165) is 28.7 Å². The Morgan fingerprint density at radius 1 is 0.909 bits per heavy atom. The van der Waals surface area contributed by atoms with Gasteiger partial charge in [-0.25, -0.2) is 4.98 Å². The lowest BCUT2D eigenvalue weighted by Gasteiger charge is -2.28. The average molecular weight is 558 g/mol. The highest BCUT2D eigenvalue weighted by atomic mass is 33.7. The van der Waals surface area contributed by atoms with E-state index >= 15 is 0 Å². The summed E-state index contributed by atoms with van der Waals surface area (Å²) in [4.78, 5) is 6.02. The predicted molar refractivity (Wildman–Crippen MR) is 151 cm³/mol. The van der Waals surface area contributed by atoms with Crippen LogP contribution in [0.5, 0.6) is 0 Å². The molecule has 0 radical (unpaired) electrons. The topological polar surface area (TPSA) is 40.6 Å². The van der Waals surface area contributed by atoms with Crippen molar-refractivity contribution in [2.75, 3.05) is 19.8 Å². The molecule has 0 aliphatic rings. The molecule has 4 nitrogen and oxygen atoms in total. The molecule has 0 aliphatic carbocycles. The van der Waals surface area contributed by atoms with Gasteiger partial charge in [-0.1, -0.05) is 29.8 Å². The van der Waals surface area contributed by atoms with Crippen LogP contribution in [-0.2, 0) is 19.7 Å². The minimum atomic E-state index is -2.59. The number of para-hydroxylation sites is 1. The number of rotatable bonds is 15. The van der Waals surface area contributed by atoms with Gasteiger partial charge in [0.1, 0.15) is 0 Å². The van der Waals surface area contributed by atoms with Crippen molar-refractivity contribution >= 4 is 71.6 Å². The molecule has 0 amide bonds. The third kappa shape index (κ3) is 8.47. The molecule has 0 atom stereocenters. The van der Waals surface area contributed by atoms with Crippen molar-refractivity contribution in [2.45, 2.75) is 55.8 Å². The Hall–Kier alpha value is -0.173. The van der Waals surface area contributed by atoms with Gasteiger partial charge >= 0.3 is 8.80 Å². The summed E-state index contributed by atoms with van der Waals surface area (Å²) in [5.41, 5.74) is 3.75. The van der Waals surface area contributed by atoms with Crippen molar-refractivity contribution < 1.29 is 13.3 Å². The second kappa shape index (κ2) is 14.4. The summed E-state index contributed by atoms with van der Waals surface area (Å²) in [6.07, 6.45) is 1.98. The van der Waals surface area contributed by atoms with Crippen LogP contribution in [0, 0.1) is 6.92 Å². The Morgan fingerprint density at radius 2 is 1.61 bits per heavy atom. The highest BCUT2D eigenvalue weighted by molar-refractivity contribution is 9.26. The Bertz CT molecular complexity index is 953. The molecule has 2 aromatic carbocycles. The number of aryl methyl sites for hydroxylation is 2. The first kappa shape index (κ1) is 27.4. The third-order valence-corrected chi connectivity index (χ3v) is 15.4. The first-order valence-electron chi connectivity index (χ1n) is 11.1. The van der Waals surface area contributed by atoms with E-state index in [0.29, 0.717) is 19.8 Å². The number of fused-ring (bicyclic) bond motifs is 1. The largest absolute Gasteiger partial charge is 0.500 e. The molecule has 0 aliphatic heterocycles. The lowest BCUT2D eigenvalue weighted by molar-refractivity contribution is 0.0708. The molecule has 0 N–H and O–H groups in total. The van der Waals surface area contributed by atoms with E-state index in [1.54, 1.807) is 41.8 Å². The van der Waals surface area contributed by atoms with Crippen LogP contribution in [0.4, 0.5) is 0 Å². The number of nitrogens with zero attached hydrogens (tertiary/aromatic N) is 1. The molecule has 0 saturated carbocycles. The molecule has 1 heterocycles. The van der Waals surface area contributed by atoms with E-state index in [4.69, 9.17) is 18.3 Å². The lowest BCUT2D eigenvalue weighted by Crippen LogP contribution is -2.46. The summed E-state index contributed by atoms with van der Waals surface area (Å²) in [5, 5.41) is 0. The first-order valence-corrected chi connectivity index (χ1v) is 18.7. The van der Waals surface area contributed by atoms with E-state index in [2.05, 4.69) is 43.3 Å². The number of thiazole rings is 1. The zero-order valence-electron chi connectivity index (χ0n) is 19.5. The summed E-state index contributed by atoms with van der Waals surface area (Å²) in [5.74, 6) is 0. The summed E-state index contributed by atoms with van der Waals surface area (Å²) >= 11 is 1.75. The van der Waals surface area contributed by atoms with Crippen LogP contribution in [0.2, 0.25) is 6.04 Å². The lowest BCUT2D eigenvalue weighted by atomic mass is 10.1. The van der Waals surface area contributed by atoms with Crippen molar-refractivity contribution in [3.05, 3.63) is 53.6 Å². The first-order chi connectivity index (χ1) is 16.1. The van der Waals surface area contributed by atoms with Crippen LogP contribution in [0.15, 0.2) is 51.7 Å². The van der Waals surface area contributed by atoms with Crippen molar-refractivity contribution in [2.24, 2.45) is 0 Å². The maximum Gasteiger partial charge on any atom is 0.500 e. The standard InChI is InChI=1S/C23H31NO3S5Si/c1-5-25-33(26-6-2,27-7-3)16-10-11-19-17-18(4)14-15-21(19)29-31-32-30-23-24-20-12-8-9-13-22(20)28-23/h8-9,12-15,17H,5-7,10-11,16H2,1-4H3. The van der Waals surface area contributed by atoms with Crippen LogP contribution in [0.25, 0.3) is 10.2 Å². The van der Waals surface area contributed by atoms with Gasteiger partial charge < -0.3 is 13.3 Å². The Morgan fingerprint density at radius 3 is 2.30 bits per heavy atom. The molecule has 0 unspecified atom stereocenters. The van der Waals surface area contributed by atoms with Gasteiger partial charge in [-0.05, 0) is 106 Å². The Kier molecular flexibility index (Phi) is 12.0. The van der Waals surface area contributed by atoms with Gasteiger partial charge in [-0.2, -0.15) is 0 Å². The number of hydrogen-bond donors (Lipinski definition) is 0. The van der Waals surface area contributed by atoms with Gasteiger partial charge in [-0.3, -0.25) is 0 Å². The van der Waals surface area contributed by atoms with Crippen molar-refractivity contribution in [1.29, 1.82) is 0 Å². The van der Waals surface area contributed by atoms with Gasteiger partial charge in [0.2, 0.25) is 0 Å². The van der Waals surface area contributed by atoms with E-state index in [1.807, 2.05) is 37.6 Å². The Balaban J connectivity index is 1.54. The maximum absolute atomic E-state index is 6.02. The molecule has 0 fully saturated rings. The second-order valence-corrected chi connectivity index (χ2v) is 16.9. The number of benzene rings is 2. The summed E-state index contributed by atoms with van der Waals surface area (Å²) in [6, 6.07) is 15.9. The summed E-state index contributed by atoms with van der Waals surface area (Å²) < 4.78 is 20.4. The van der Waals surface area contributed by atoms with Crippen molar-refractivity contribution in [3.63, 3.8) is 0 Å². The van der Waals surface area contributed by atoms with Crippen LogP contribution in [-0.4, -0.2) is 33.6 Å². The van der Waals surface area contributed by atoms with Crippen LogP contribution in [0.1, 0.15) is 38.3 Å². The zero-order chi connectivity index (χ0) is 23.5. The highest BCUT2D eigenvalue weighted by Crippen LogP contribution is 2.51. The van der Waals surface area contributed by atoms with E-state index in [9.17, 15) is 0 Å². The van der Waals surface area contributed by atoms with Crippen molar-refractivity contribution in [3.8, 4) is 0 Å². The predicted octanol–water partition coefficient (Wildman–Crippen LogP) is 8.68. The molecule has 3 aromatic rings. The molecule has 0 saturated heterocycles. The van der Waals surface area contributed by atoms with Gasteiger partial charge in [-0.15, -0.1) is 11.3 Å². The maximum atomic E-state index is 6.02. The quantitative estimate of drug-likeness (QED) is 0.104. The van der Waals surface area contributed by atoms with Gasteiger partial charge in [0, 0.05) is 30.8 Å². The monoisotopic (exact) mass is 557 g/mol. The van der Waals surface area contributed by atoms with Crippen LogP contribution < -0.4 is 0 Å². The second-order valence-electron chi connectivity index (χ2n) is 7.20. The third-order valence-electron chi connectivity index (χ3n) is 4.77. The Labute approximate surface area is 217 Å². The van der Waals surface area contributed by atoms with Crippen LogP contribution in [0.3, 0.4) is 0 Å².